The first-order chi connectivity index (χ1) is 10.3. The Labute approximate surface area is 131 Å². The summed E-state index contributed by atoms with van der Waals surface area (Å²) in [7, 11) is 0. The summed E-state index contributed by atoms with van der Waals surface area (Å²) in [4.78, 5) is 1.30. The first-order valence-corrected chi connectivity index (χ1v) is 8.42. The fraction of sp³-hybridized carbons (Fsp3) is 0.333. The molecule has 0 aliphatic carbocycles. The van der Waals surface area contributed by atoms with Crippen LogP contribution in [0.2, 0.25) is 0 Å². The number of benzene rings is 2. The Balaban J connectivity index is 1.91. The smallest absolute Gasteiger partial charge is 0.123 e. The maximum absolute atomic E-state index is 13.1. The quantitative estimate of drug-likeness (QED) is 0.709. The molecule has 2 aromatic carbocycles. The van der Waals surface area contributed by atoms with Crippen molar-refractivity contribution in [2.24, 2.45) is 0 Å². The number of hydrogen-bond acceptors (Lipinski definition) is 2. The van der Waals surface area contributed by atoms with Crippen molar-refractivity contribution in [1.82, 2.24) is 5.32 Å². The van der Waals surface area contributed by atoms with Gasteiger partial charge in [-0.1, -0.05) is 37.3 Å². The van der Waals surface area contributed by atoms with E-state index < -0.39 is 0 Å². The Morgan fingerprint density at radius 2 is 1.76 bits per heavy atom. The highest BCUT2D eigenvalue weighted by Gasteiger charge is 2.11. The Morgan fingerprint density at radius 1 is 1.05 bits per heavy atom. The van der Waals surface area contributed by atoms with Crippen molar-refractivity contribution in [3.63, 3.8) is 0 Å². The molecule has 21 heavy (non-hydrogen) atoms. The average Bonchev–Trinajstić information content (AvgIpc) is 2.53. The minimum atomic E-state index is -0.167. The van der Waals surface area contributed by atoms with E-state index in [1.807, 2.05) is 30.0 Å². The molecule has 2 aromatic rings. The highest BCUT2D eigenvalue weighted by atomic mass is 32.2. The van der Waals surface area contributed by atoms with Gasteiger partial charge < -0.3 is 5.32 Å². The monoisotopic (exact) mass is 303 g/mol. The van der Waals surface area contributed by atoms with Gasteiger partial charge in [0.1, 0.15) is 5.82 Å². The topological polar surface area (TPSA) is 12.0 Å². The molecule has 0 amide bonds. The van der Waals surface area contributed by atoms with Gasteiger partial charge in [0.2, 0.25) is 0 Å². The van der Waals surface area contributed by atoms with Gasteiger partial charge in [-0.25, -0.2) is 4.39 Å². The molecule has 3 heteroatoms. The van der Waals surface area contributed by atoms with Crippen LogP contribution in [0.5, 0.6) is 0 Å². The molecule has 1 N–H and O–H groups in total. The van der Waals surface area contributed by atoms with E-state index in [0.717, 1.165) is 25.3 Å². The molecule has 0 saturated heterocycles. The van der Waals surface area contributed by atoms with E-state index in [1.54, 1.807) is 12.1 Å². The molecule has 112 valence electrons. The molecule has 0 aromatic heterocycles. The number of likely N-dealkylation sites (N-methyl/N-ethyl adjacent to an activating group) is 1. The summed E-state index contributed by atoms with van der Waals surface area (Å²) in [5.41, 5.74) is 1.21. The average molecular weight is 303 g/mol. The van der Waals surface area contributed by atoms with Crippen LogP contribution in [0.4, 0.5) is 4.39 Å². The van der Waals surface area contributed by atoms with Gasteiger partial charge in [0, 0.05) is 11.4 Å². The van der Waals surface area contributed by atoms with Crippen LogP contribution in [0.15, 0.2) is 59.5 Å². The lowest BCUT2D eigenvalue weighted by atomic mass is 9.96. The molecule has 0 radical (unpaired) electrons. The molecule has 0 aliphatic heterocycles. The van der Waals surface area contributed by atoms with E-state index in [2.05, 4.69) is 36.5 Å². The van der Waals surface area contributed by atoms with Crippen LogP contribution < -0.4 is 5.32 Å². The van der Waals surface area contributed by atoms with Gasteiger partial charge in [-0.15, -0.1) is 11.8 Å². The maximum Gasteiger partial charge on any atom is 0.123 e. The summed E-state index contributed by atoms with van der Waals surface area (Å²) in [5.74, 6) is 1.33. The normalized spacial score (nSPS) is 12.3. The number of rotatable bonds is 8. The van der Waals surface area contributed by atoms with E-state index in [9.17, 15) is 4.39 Å². The number of hydrogen-bond donors (Lipinski definition) is 1. The lowest BCUT2D eigenvalue weighted by Gasteiger charge is -2.17. The second-order valence-corrected chi connectivity index (χ2v) is 6.17. The van der Waals surface area contributed by atoms with Gasteiger partial charge >= 0.3 is 0 Å². The van der Waals surface area contributed by atoms with Gasteiger partial charge in [-0.2, -0.15) is 0 Å². The van der Waals surface area contributed by atoms with Gasteiger partial charge in [-0.05, 0) is 54.5 Å². The largest absolute Gasteiger partial charge is 0.316 e. The van der Waals surface area contributed by atoms with Gasteiger partial charge in [0.05, 0.1) is 0 Å². The summed E-state index contributed by atoms with van der Waals surface area (Å²) in [5, 5.41) is 3.41. The number of nitrogens with one attached hydrogen (secondary N) is 1. The summed E-state index contributed by atoms with van der Waals surface area (Å²) in [6.07, 6.45) is 1.08. The molecule has 0 aliphatic rings. The van der Waals surface area contributed by atoms with Crippen LogP contribution in [-0.4, -0.2) is 18.8 Å². The van der Waals surface area contributed by atoms with Crippen molar-refractivity contribution < 1.29 is 4.39 Å². The van der Waals surface area contributed by atoms with Crippen LogP contribution >= 0.6 is 11.8 Å². The minimum Gasteiger partial charge on any atom is -0.316 e. The molecule has 1 atom stereocenters. The van der Waals surface area contributed by atoms with E-state index in [4.69, 9.17) is 0 Å². The summed E-state index contributed by atoms with van der Waals surface area (Å²) >= 11 is 1.88. The first-order valence-electron chi connectivity index (χ1n) is 7.43. The molecule has 0 fully saturated rings. The molecule has 0 spiro atoms. The highest BCUT2D eigenvalue weighted by Crippen LogP contribution is 2.25. The van der Waals surface area contributed by atoms with E-state index in [1.165, 1.54) is 10.5 Å². The molecule has 0 saturated carbocycles. The molecule has 1 nitrogen and oxygen atoms in total. The standard InChI is InChI=1S/C18H22FNS/c1-2-20-14-16(15-8-10-17(19)11-9-15)12-13-21-18-6-4-3-5-7-18/h3-11,16,20H,2,12-14H2,1H3. The lowest BCUT2D eigenvalue weighted by molar-refractivity contribution is 0.583. The number of thioether (sulfide) groups is 1. The third-order valence-corrected chi connectivity index (χ3v) is 4.51. The van der Waals surface area contributed by atoms with E-state index >= 15 is 0 Å². The Kier molecular flexibility index (Phi) is 6.77. The van der Waals surface area contributed by atoms with E-state index in [-0.39, 0.29) is 5.82 Å². The predicted molar refractivity (Wildman–Crippen MR) is 89.5 cm³/mol. The van der Waals surface area contributed by atoms with Crippen molar-refractivity contribution in [2.45, 2.75) is 24.2 Å². The van der Waals surface area contributed by atoms with Crippen LogP contribution in [0.1, 0.15) is 24.8 Å². The van der Waals surface area contributed by atoms with Gasteiger partial charge in [-0.3, -0.25) is 0 Å². The van der Waals surface area contributed by atoms with Crippen molar-refractivity contribution in [1.29, 1.82) is 0 Å². The fourth-order valence-corrected chi connectivity index (χ4v) is 3.26. The molecular formula is C18H22FNS. The Bertz CT molecular complexity index is 513. The molecule has 2 rings (SSSR count). The van der Waals surface area contributed by atoms with Crippen molar-refractivity contribution in [3.8, 4) is 0 Å². The zero-order valence-corrected chi connectivity index (χ0v) is 13.2. The Morgan fingerprint density at radius 3 is 2.43 bits per heavy atom. The summed E-state index contributed by atoms with van der Waals surface area (Å²) in [6.45, 7) is 4.02. The predicted octanol–water partition coefficient (Wildman–Crippen LogP) is 4.70. The molecule has 0 bridgehead atoms. The fourth-order valence-electron chi connectivity index (χ4n) is 2.28. The second kappa shape index (κ2) is 8.85. The summed E-state index contributed by atoms with van der Waals surface area (Å²) < 4.78 is 13.1. The third kappa shape index (κ3) is 5.52. The highest BCUT2D eigenvalue weighted by molar-refractivity contribution is 7.99. The van der Waals surface area contributed by atoms with Crippen LogP contribution in [0.25, 0.3) is 0 Å². The van der Waals surface area contributed by atoms with Crippen molar-refractivity contribution in [2.75, 3.05) is 18.8 Å². The van der Waals surface area contributed by atoms with Crippen LogP contribution in [0, 0.1) is 5.82 Å². The van der Waals surface area contributed by atoms with Crippen LogP contribution in [0.3, 0.4) is 0 Å². The number of halogens is 1. The third-order valence-electron chi connectivity index (χ3n) is 3.46. The first kappa shape index (κ1) is 16.1. The maximum atomic E-state index is 13.1. The SMILES string of the molecule is CCNCC(CCSc1ccccc1)c1ccc(F)cc1. The zero-order chi connectivity index (χ0) is 14.9. The molecule has 0 heterocycles. The van der Waals surface area contributed by atoms with Crippen LogP contribution in [-0.2, 0) is 0 Å². The Hall–Kier alpha value is -1.32. The van der Waals surface area contributed by atoms with Gasteiger partial charge in [0.25, 0.3) is 0 Å². The van der Waals surface area contributed by atoms with Crippen molar-refractivity contribution >= 4 is 11.8 Å². The molecular weight excluding hydrogens is 281 g/mol. The molecule has 1 unspecified atom stereocenters. The lowest BCUT2D eigenvalue weighted by Crippen LogP contribution is -2.21. The minimum absolute atomic E-state index is 0.167. The zero-order valence-electron chi connectivity index (χ0n) is 12.4. The van der Waals surface area contributed by atoms with E-state index in [0.29, 0.717) is 5.92 Å². The second-order valence-electron chi connectivity index (χ2n) is 5.01. The van der Waals surface area contributed by atoms with Gasteiger partial charge in [0.15, 0.2) is 0 Å². The van der Waals surface area contributed by atoms with Crippen molar-refractivity contribution in [3.05, 3.63) is 66.0 Å². The summed E-state index contributed by atoms with van der Waals surface area (Å²) in [6, 6.07) is 17.4.